The maximum Gasteiger partial charge on any atom is 0.264 e. The quantitative estimate of drug-likeness (QED) is 0.473. The summed E-state index contributed by atoms with van der Waals surface area (Å²) in [5.74, 6) is 1.02. The predicted molar refractivity (Wildman–Crippen MR) is 118 cm³/mol. The molecule has 0 unspecified atom stereocenters. The minimum absolute atomic E-state index is 0.155. The van der Waals surface area contributed by atoms with E-state index in [1.807, 2.05) is 17.0 Å². The Morgan fingerprint density at radius 2 is 1.75 bits per heavy atom. The Balaban J connectivity index is 1.32. The molecule has 2 aromatic carbocycles. The third kappa shape index (κ3) is 3.02. The normalized spacial score (nSPS) is 14.8. The number of carbonyl (C=O) groups is 1. The van der Waals surface area contributed by atoms with Crippen LogP contribution >= 0.6 is 22.7 Å². The van der Waals surface area contributed by atoms with E-state index in [4.69, 9.17) is 4.74 Å². The predicted octanol–water partition coefficient (Wildman–Crippen LogP) is 5.09. The topological polar surface area (TPSA) is 32.8 Å². The van der Waals surface area contributed by atoms with Crippen molar-refractivity contribution in [1.29, 1.82) is 0 Å². The Kier molecular flexibility index (Phi) is 4.45. The summed E-state index contributed by atoms with van der Waals surface area (Å²) in [6.07, 6.45) is 0. The molecule has 1 aliphatic rings. The lowest BCUT2D eigenvalue weighted by atomic mass is 10.2. The number of nitrogens with zero attached hydrogens (tertiary/aromatic N) is 2. The van der Waals surface area contributed by atoms with E-state index in [-0.39, 0.29) is 5.91 Å². The molecule has 1 saturated heterocycles. The lowest BCUT2D eigenvalue weighted by Crippen LogP contribution is -2.48. The molecule has 1 aliphatic heterocycles. The zero-order chi connectivity index (χ0) is 19.1. The molecule has 0 N–H and O–H groups in total. The van der Waals surface area contributed by atoms with Crippen molar-refractivity contribution >= 4 is 53.8 Å². The fraction of sp³-hybridized carbons (Fsp3) is 0.227. The van der Waals surface area contributed by atoms with Crippen molar-refractivity contribution in [3.05, 3.63) is 59.5 Å². The molecule has 0 bridgehead atoms. The number of amides is 1. The number of thiophene rings is 2. The molecule has 1 amide bonds. The number of methoxy groups -OCH3 is 1. The van der Waals surface area contributed by atoms with Gasteiger partial charge in [0, 0.05) is 52.7 Å². The highest BCUT2D eigenvalue weighted by Gasteiger charge is 2.24. The van der Waals surface area contributed by atoms with Gasteiger partial charge < -0.3 is 14.5 Å². The first-order valence-electron chi connectivity index (χ1n) is 9.32. The maximum atomic E-state index is 13.0. The summed E-state index contributed by atoms with van der Waals surface area (Å²) in [5.41, 5.74) is 1.15. The molecular weight excluding hydrogens is 388 g/mol. The van der Waals surface area contributed by atoms with Crippen LogP contribution < -0.4 is 9.64 Å². The smallest absolute Gasteiger partial charge is 0.264 e. The molecule has 2 aromatic heterocycles. The molecule has 3 heterocycles. The van der Waals surface area contributed by atoms with Crippen molar-refractivity contribution < 1.29 is 9.53 Å². The van der Waals surface area contributed by atoms with Crippen molar-refractivity contribution in [2.45, 2.75) is 0 Å². The second-order valence-electron chi connectivity index (χ2n) is 6.88. The highest BCUT2D eigenvalue weighted by molar-refractivity contribution is 7.33. The van der Waals surface area contributed by atoms with E-state index >= 15 is 0 Å². The number of benzene rings is 2. The summed E-state index contributed by atoms with van der Waals surface area (Å²) < 4.78 is 9.06. The Labute approximate surface area is 171 Å². The number of fused-ring (bicyclic) bond motifs is 3. The van der Waals surface area contributed by atoms with Crippen molar-refractivity contribution in [3.8, 4) is 5.75 Å². The zero-order valence-corrected chi connectivity index (χ0v) is 17.2. The van der Waals surface area contributed by atoms with Crippen molar-refractivity contribution in [3.63, 3.8) is 0 Å². The lowest BCUT2D eigenvalue weighted by molar-refractivity contribution is 0.0751. The highest BCUT2D eigenvalue weighted by Crippen LogP contribution is 2.39. The first kappa shape index (κ1) is 17.5. The summed E-state index contributed by atoms with van der Waals surface area (Å²) in [4.78, 5) is 18.2. The molecule has 142 valence electrons. The third-order valence-electron chi connectivity index (χ3n) is 5.25. The Morgan fingerprint density at radius 3 is 2.57 bits per heavy atom. The van der Waals surface area contributed by atoms with Gasteiger partial charge in [-0.2, -0.15) is 0 Å². The molecule has 5 rings (SSSR count). The maximum absolute atomic E-state index is 13.0. The number of ether oxygens (including phenoxy) is 1. The molecule has 6 heteroatoms. The van der Waals surface area contributed by atoms with Crippen LogP contribution in [0.15, 0.2) is 54.6 Å². The zero-order valence-electron chi connectivity index (χ0n) is 15.6. The molecule has 4 aromatic rings. The van der Waals surface area contributed by atoms with Crippen LogP contribution in [0.3, 0.4) is 0 Å². The largest absolute Gasteiger partial charge is 0.497 e. The number of hydrogen-bond acceptors (Lipinski definition) is 5. The van der Waals surface area contributed by atoms with Crippen LogP contribution in [0, 0.1) is 0 Å². The lowest BCUT2D eigenvalue weighted by Gasteiger charge is -2.36. The minimum Gasteiger partial charge on any atom is -0.497 e. The number of anilines is 1. The number of piperazine rings is 1. The van der Waals surface area contributed by atoms with E-state index in [1.165, 1.54) is 19.5 Å². The number of rotatable bonds is 3. The summed E-state index contributed by atoms with van der Waals surface area (Å²) in [6.45, 7) is 3.15. The van der Waals surface area contributed by atoms with Crippen LogP contribution in [-0.4, -0.2) is 44.1 Å². The summed E-state index contributed by atoms with van der Waals surface area (Å²) >= 11 is 3.39. The summed E-state index contributed by atoms with van der Waals surface area (Å²) in [5, 5.41) is 1.26. The van der Waals surface area contributed by atoms with Gasteiger partial charge in [-0.25, -0.2) is 0 Å². The van der Waals surface area contributed by atoms with Crippen LogP contribution in [0.5, 0.6) is 5.75 Å². The Bertz CT molecular complexity index is 1160. The van der Waals surface area contributed by atoms with Gasteiger partial charge in [-0.1, -0.05) is 24.3 Å². The Morgan fingerprint density at radius 1 is 0.929 bits per heavy atom. The molecule has 0 saturated carbocycles. The second kappa shape index (κ2) is 7.11. The van der Waals surface area contributed by atoms with Crippen molar-refractivity contribution in [1.82, 2.24) is 4.90 Å². The van der Waals surface area contributed by atoms with Gasteiger partial charge in [-0.05, 0) is 24.3 Å². The van der Waals surface area contributed by atoms with Gasteiger partial charge in [0.1, 0.15) is 5.75 Å². The first-order chi connectivity index (χ1) is 13.7. The highest BCUT2D eigenvalue weighted by atomic mass is 32.1. The fourth-order valence-electron chi connectivity index (χ4n) is 3.74. The molecule has 28 heavy (non-hydrogen) atoms. The van der Waals surface area contributed by atoms with E-state index in [1.54, 1.807) is 29.8 Å². The van der Waals surface area contributed by atoms with E-state index in [0.717, 1.165) is 42.5 Å². The molecule has 0 radical (unpaired) electrons. The van der Waals surface area contributed by atoms with Gasteiger partial charge in [0.25, 0.3) is 5.91 Å². The molecular formula is C22H20N2O2S2. The van der Waals surface area contributed by atoms with Gasteiger partial charge in [-0.15, -0.1) is 22.7 Å². The van der Waals surface area contributed by atoms with E-state index < -0.39 is 0 Å². The van der Waals surface area contributed by atoms with Gasteiger partial charge in [0.05, 0.1) is 16.7 Å². The fourth-order valence-corrected chi connectivity index (χ4v) is 6.23. The monoisotopic (exact) mass is 408 g/mol. The molecule has 1 fully saturated rings. The van der Waals surface area contributed by atoms with Crippen molar-refractivity contribution in [2.24, 2.45) is 0 Å². The number of hydrogen-bond donors (Lipinski definition) is 0. The van der Waals surface area contributed by atoms with Gasteiger partial charge in [-0.3, -0.25) is 4.79 Å². The van der Waals surface area contributed by atoms with E-state index in [0.29, 0.717) is 0 Å². The van der Waals surface area contributed by atoms with Crippen molar-refractivity contribution in [2.75, 3.05) is 38.2 Å². The second-order valence-corrected chi connectivity index (χ2v) is 9.02. The average molecular weight is 409 g/mol. The molecule has 4 nitrogen and oxygen atoms in total. The molecule has 0 atom stereocenters. The van der Waals surface area contributed by atoms with Gasteiger partial charge >= 0.3 is 0 Å². The SMILES string of the molecule is COc1cccc(N2CCN(C(=O)c3cc4sc5ccccc5c4s3)CC2)c1. The average Bonchev–Trinajstić information content (AvgIpc) is 3.31. The summed E-state index contributed by atoms with van der Waals surface area (Å²) in [6, 6.07) is 18.6. The van der Waals surface area contributed by atoms with Crippen LogP contribution in [0.4, 0.5) is 5.69 Å². The van der Waals surface area contributed by atoms with E-state index in [9.17, 15) is 4.79 Å². The van der Waals surface area contributed by atoms with Gasteiger partial charge in [0.15, 0.2) is 0 Å². The Hall–Kier alpha value is -2.57. The minimum atomic E-state index is 0.155. The van der Waals surface area contributed by atoms with Crippen LogP contribution in [0.1, 0.15) is 9.67 Å². The van der Waals surface area contributed by atoms with Crippen LogP contribution in [-0.2, 0) is 0 Å². The van der Waals surface area contributed by atoms with Gasteiger partial charge in [0.2, 0.25) is 0 Å². The molecule has 0 spiro atoms. The standard InChI is InChI=1S/C22H20N2O2S2/c1-26-16-6-4-5-15(13-16)23-9-11-24(12-10-23)22(25)20-14-19-21(28-20)17-7-2-3-8-18(17)27-19/h2-8,13-14H,9-12H2,1H3. The first-order valence-corrected chi connectivity index (χ1v) is 11.0. The summed E-state index contributed by atoms with van der Waals surface area (Å²) in [7, 11) is 1.69. The van der Waals surface area contributed by atoms with Crippen LogP contribution in [0.25, 0.3) is 19.5 Å². The third-order valence-corrected chi connectivity index (χ3v) is 7.65. The molecule has 0 aliphatic carbocycles. The van der Waals surface area contributed by atoms with E-state index in [2.05, 4.69) is 47.4 Å². The van der Waals surface area contributed by atoms with Crippen LogP contribution in [0.2, 0.25) is 0 Å². The number of carbonyl (C=O) groups excluding carboxylic acids is 1.